The molecule has 2 aromatic carbocycles. The first-order valence-electron chi connectivity index (χ1n) is 5.62. The molecule has 1 amide bonds. The molecule has 1 aliphatic heterocycles. The first kappa shape index (κ1) is 12.1. The Morgan fingerprint density at radius 1 is 1.16 bits per heavy atom. The molecule has 0 saturated carbocycles. The van der Waals surface area contributed by atoms with Crippen LogP contribution in [0.15, 0.2) is 42.5 Å². The van der Waals surface area contributed by atoms with Crippen molar-refractivity contribution < 1.29 is 14.3 Å². The van der Waals surface area contributed by atoms with E-state index in [0.29, 0.717) is 21.8 Å². The van der Waals surface area contributed by atoms with Crippen LogP contribution in [0.1, 0.15) is 11.1 Å². The van der Waals surface area contributed by atoms with Gasteiger partial charge in [-0.2, -0.15) is 0 Å². The number of hydrogen-bond acceptors (Lipinski definition) is 2. The predicted molar refractivity (Wildman–Crippen MR) is 69.5 cm³/mol. The Morgan fingerprint density at radius 2 is 1.84 bits per heavy atom. The fourth-order valence-corrected chi connectivity index (χ4v) is 2.41. The predicted octanol–water partition coefficient (Wildman–Crippen LogP) is 2.67. The van der Waals surface area contributed by atoms with E-state index in [0.717, 1.165) is 0 Å². The topological polar surface area (TPSA) is 49.3 Å². The van der Waals surface area contributed by atoms with E-state index in [1.165, 1.54) is 30.3 Å². The lowest BCUT2D eigenvalue weighted by Crippen LogP contribution is -2.35. The van der Waals surface area contributed by atoms with E-state index in [2.05, 4.69) is 5.32 Å². The first-order valence-corrected chi connectivity index (χ1v) is 5.99. The van der Waals surface area contributed by atoms with Gasteiger partial charge >= 0.3 is 0 Å². The van der Waals surface area contributed by atoms with Crippen molar-refractivity contribution in [1.29, 1.82) is 0 Å². The van der Waals surface area contributed by atoms with Gasteiger partial charge in [0.05, 0.1) is 0 Å². The van der Waals surface area contributed by atoms with Gasteiger partial charge in [0.1, 0.15) is 5.82 Å². The van der Waals surface area contributed by atoms with E-state index in [1.807, 2.05) is 0 Å². The van der Waals surface area contributed by atoms with Crippen LogP contribution >= 0.6 is 11.6 Å². The fourth-order valence-electron chi connectivity index (χ4n) is 2.24. The highest BCUT2D eigenvalue weighted by Crippen LogP contribution is 2.41. The normalized spacial score (nSPS) is 21.1. The molecule has 0 bridgehead atoms. The molecule has 96 valence electrons. The van der Waals surface area contributed by atoms with Crippen molar-refractivity contribution >= 4 is 23.2 Å². The van der Waals surface area contributed by atoms with Crippen LogP contribution in [0.2, 0.25) is 5.02 Å². The number of halogens is 2. The minimum atomic E-state index is -1.84. The Kier molecular flexibility index (Phi) is 2.59. The highest BCUT2D eigenvalue weighted by molar-refractivity contribution is 6.31. The molecule has 1 unspecified atom stereocenters. The Hall–Kier alpha value is -1.91. The lowest BCUT2D eigenvalue weighted by atomic mass is 9.87. The number of anilines is 1. The zero-order valence-electron chi connectivity index (χ0n) is 9.65. The summed E-state index contributed by atoms with van der Waals surface area (Å²) in [6.07, 6.45) is 0. The summed E-state index contributed by atoms with van der Waals surface area (Å²) in [5, 5.41) is 13.7. The summed E-state index contributed by atoms with van der Waals surface area (Å²) < 4.78 is 13.0. The lowest BCUT2D eigenvalue weighted by Gasteiger charge is -2.21. The SMILES string of the molecule is O=C1Nc2ccc(Cl)cc2C1(O)c1ccc(F)cc1. The summed E-state index contributed by atoms with van der Waals surface area (Å²) in [5.74, 6) is -1.01. The molecule has 0 aliphatic carbocycles. The average molecular weight is 278 g/mol. The standard InChI is InChI=1S/C14H9ClFNO2/c15-9-3-6-12-11(7-9)14(19,13(18)17-12)8-1-4-10(16)5-2-8/h1-7,19H,(H,17,18). The maximum Gasteiger partial charge on any atom is 0.265 e. The van der Waals surface area contributed by atoms with E-state index in [-0.39, 0.29) is 0 Å². The van der Waals surface area contributed by atoms with Crippen molar-refractivity contribution in [1.82, 2.24) is 0 Å². The van der Waals surface area contributed by atoms with E-state index < -0.39 is 17.3 Å². The Morgan fingerprint density at radius 3 is 2.53 bits per heavy atom. The van der Waals surface area contributed by atoms with E-state index >= 15 is 0 Å². The van der Waals surface area contributed by atoms with Crippen molar-refractivity contribution in [2.75, 3.05) is 5.32 Å². The monoisotopic (exact) mass is 277 g/mol. The van der Waals surface area contributed by atoms with Crippen LogP contribution < -0.4 is 5.32 Å². The first-order chi connectivity index (χ1) is 9.01. The van der Waals surface area contributed by atoms with Gasteiger partial charge in [0.15, 0.2) is 5.60 Å². The molecular weight excluding hydrogens is 269 g/mol. The third-order valence-corrected chi connectivity index (χ3v) is 3.45. The molecule has 0 spiro atoms. The maximum absolute atomic E-state index is 13.0. The Labute approximate surface area is 113 Å². The molecule has 2 aromatic rings. The largest absolute Gasteiger partial charge is 0.372 e. The molecular formula is C14H9ClFNO2. The fraction of sp³-hybridized carbons (Fsp3) is 0.0714. The third-order valence-electron chi connectivity index (χ3n) is 3.21. The van der Waals surface area contributed by atoms with Gasteiger partial charge in [0, 0.05) is 16.3 Å². The van der Waals surface area contributed by atoms with Crippen LogP contribution in [-0.2, 0) is 10.4 Å². The van der Waals surface area contributed by atoms with E-state index in [1.54, 1.807) is 12.1 Å². The number of benzene rings is 2. The van der Waals surface area contributed by atoms with Crippen molar-refractivity contribution in [3.05, 3.63) is 64.4 Å². The summed E-state index contributed by atoms with van der Waals surface area (Å²) in [7, 11) is 0. The van der Waals surface area contributed by atoms with Crippen LogP contribution in [0.3, 0.4) is 0 Å². The van der Waals surface area contributed by atoms with Gasteiger partial charge in [0.2, 0.25) is 0 Å². The smallest absolute Gasteiger partial charge is 0.265 e. The Balaban J connectivity index is 2.21. The summed E-state index contributed by atoms with van der Waals surface area (Å²) in [6, 6.07) is 9.92. The second kappa shape index (κ2) is 4.05. The van der Waals surface area contributed by atoms with Crippen molar-refractivity contribution in [3.8, 4) is 0 Å². The second-order valence-electron chi connectivity index (χ2n) is 4.36. The number of rotatable bonds is 1. The van der Waals surface area contributed by atoms with E-state index in [4.69, 9.17) is 11.6 Å². The molecule has 0 fully saturated rings. The molecule has 1 heterocycles. The van der Waals surface area contributed by atoms with Crippen LogP contribution in [0.25, 0.3) is 0 Å². The molecule has 1 atom stereocenters. The van der Waals surface area contributed by atoms with Gasteiger partial charge in [-0.3, -0.25) is 4.79 Å². The molecule has 0 radical (unpaired) electrons. The Bertz CT molecular complexity index is 672. The molecule has 3 nitrogen and oxygen atoms in total. The number of carbonyl (C=O) groups excluding carboxylic acids is 1. The summed E-state index contributed by atoms with van der Waals surface area (Å²) in [6.45, 7) is 0. The number of amides is 1. The van der Waals surface area contributed by atoms with Crippen molar-refractivity contribution in [2.24, 2.45) is 0 Å². The zero-order valence-corrected chi connectivity index (χ0v) is 10.4. The number of nitrogens with one attached hydrogen (secondary N) is 1. The summed E-state index contributed by atoms with van der Waals surface area (Å²) in [4.78, 5) is 12.1. The van der Waals surface area contributed by atoms with Crippen molar-refractivity contribution in [2.45, 2.75) is 5.60 Å². The zero-order chi connectivity index (χ0) is 13.6. The minimum absolute atomic E-state index is 0.299. The molecule has 3 rings (SSSR count). The quantitative estimate of drug-likeness (QED) is 0.842. The van der Waals surface area contributed by atoms with Gasteiger partial charge in [-0.1, -0.05) is 23.7 Å². The van der Waals surface area contributed by atoms with Crippen LogP contribution in [0.5, 0.6) is 0 Å². The third kappa shape index (κ3) is 1.72. The van der Waals surface area contributed by atoms with Gasteiger partial charge in [-0.15, -0.1) is 0 Å². The summed E-state index contributed by atoms with van der Waals surface area (Å²) in [5.41, 5.74) is -0.668. The summed E-state index contributed by atoms with van der Waals surface area (Å²) >= 11 is 5.90. The van der Waals surface area contributed by atoms with Crippen LogP contribution in [0.4, 0.5) is 10.1 Å². The van der Waals surface area contributed by atoms with Gasteiger partial charge in [-0.25, -0.2) is 4.39 Å². The van der Waals surface area contributed by atoms with Crippen LogP contribution in [-0.4, -0.2) is 11.0 Å². The van der Waals surface area contributed by atoms with Gasteiger partial charge in [0.25, 0.3) is 5.91 Å². The number of hydrogen-bond donors (Lipinski definition) is 2. The van der Waals surface area contributed by atoms with Gasteiger partial charge < -0.3 is 10.4 Å². The lowest BCUT2D eigenvalue weighted by molar-refractivity contribution is -0.129. The van der Waals surface area contributed by atoms with E-state index in [9.17, 15) is 14.3 Å². The maximum atomic E-state index is 13.0. The molecule has 0 aromatic heterocycles. The highest BCUT2D eigenvalue weighted by Gasteiger charge is 2.46. The van der Waals surface area contributed by atoms with Crippen molar-refractivity contribution in [3.63, 3.8) is 0 Å². The molecule has 19 heavy (non-hydrogen) atoms. The number of aliphatic hydroxyl groups is 1. The molecule has 0 saturated heterocycles. The molecule has 2 N–H and O–H groups in total. The second-order valence-corrected chi connectivity index (χ2v) is 4.80. The molecule has 1 aliphatic rings. The van der Waals surface area contributed by atoms with Gasteiger partial charge in [-0.05, 0) is 35.9 Å². The number of fused-ring (bicyclic) bond motifs is 1. The number of carbonyl (C=O) groups is 1. The average Bonchev–Trinajstić information content (AvgIpc) is 2.64. The van der Waals surface area contributed by atoms with Crippen LogP contribution in [0, 0.1) is 5.82 Å². The highest BCUT2D eigenvalue weighted by atomic mass is 35.5. The molecule has 5 heteroatoms. The minimum Gasteiger partial charge on any atom is -0.372 e.